The van der Waals surface area contributed by atoms with E-state index in [0.717, 1.165) is 16.2 Å². The summed E-state index contributed by atoms with van der Waals surface area (Å²) in [6.45, 7) is 0.919. The van der Waals surface area contributed by atoms with Crippen LogP contribution in [0.15, 0.2) is 21.8 Å². The summed E-state index contributed by atoms with van der Waals surface area (Å²) in [6.07, 6.45) is 0. The molecule has 0 saturated carbocycles. The van der Waals surface area contributed by atoms with E-state index in [0.29, 0.717) is 0 Å². The fraction of sp³-hybridized carbons (Fsp3) is 0.375. The molecule has 1 saturated heterocycles. The van der Waals surface area contributed by atoms with E-state index in [1.807, 2.05) is 0 Å². The molecule has 1 fully saturated rings. The number of thiazole rings is 1. The van der Waals surface area contributed by atoms with Gasteiger partial charge in [0.1, 0.15) is 30.8 Å². The van der Waals surface area contributed by atoms with Gasteiger partial charge in [0.15, 0.2) is 10.8 Å². The van der Waals surface area contributed by atoms with Gasteiger partial charge in [-0.1, -0.05) is 5.16 Å². The third-order valence-corrected chi connectivity index (χ3v) is 6.15. The van der Waals surface area contributed by atoms with Crippen LogP contribution in [0.3, 0.4) is 0 Å². The van der Waals surface area contributed by atoms with Crippen molar-refractivity contribution in [2.45, 2.75) is 18.3 Å². The monoisotopic (exact) mass is 477 g/mol. The first-order valence-electron chi connectivity index (χ1n) is 8.39. The van der Waals surface area contributed by atoms with Crippen LogP contribution in [0.25, 0.3) is 0 Å². The van der Waals surface area contributed by atoms with Crippen LogP contribution < -0.4 is 45.7 Å². The van der Waals surface area contributed by atoms with E-state index >= 15 is 0 Å². The molecule has 3 N–H and O–H groups in total. The normalized spacial score (nSPS) is 20.3. The van der Waals surface area contributed by atoms with Crippen molar-refractivity contribution in [3.05, 3.63) is 22.3 Å². The number of carbonyl (C=O) groups is 4. The molecule has 0 aromatic carbocycles. The molecule has 2 unspecified atom stereocenters. The van der Waals surface area contributed by atoms with Crippen molar-refractivity contribution in [2.24, 2.45) is 5.16 Å². The standard InChI is InChI=1S/C16H17N5O7S2.Na/c1-6(22)28-3-7-4-29-14-10(13(24)21(14)11(7)15(25)26)19-12(23)9(20-27-2)8-5-30-16(17)18-8;/h5,10,14H,3-4H2,1-2H3,(H2,17,18)(H,19,23)(H,25,26);/q;+1/p-1/b20-9-;. The first-order valence-corrected chi connectivity index (χ1v) is 10.3. The molecule has 2 aliphatic rings. The van der Waals surface area contributed by atoms with Crippen LogP contribution in [0.4, 0.5) is 5.13 Å². The molecular formula is C16H16N5NaO7S2. The number of aliphatic carboxylic acids is 1. The minimum absolute atomic E-state index is 0. The Morgan fingerprint density at radius 2 is 2.16 bits per heavy atom. The van der Waals surface area contributed by atoms with Crippen molar-refractivity contribution in [3.8, 4) is 0 Å². The number of hydrogen-bond acceptors (Lipinski definition) is 12. The number of nitrogens with one attached hydrogen (secondary N) is 1. The summed E-state index contributed by atoms with van der Waals surface area (Å²) >= 11 is 2.32. The molecular weight excluding hydrogens is 461 g/mol. The number of aromatic nitrogens is 1. The molecule has 2 aliphatic heterocycles. The van der Waals surface area contributed by atoms with Gasteiger partial charge >= 0.3 is 35.5 Å². The molecule has 15 heteroatoms. The second kappa shape index (κ2) is 10.5. The van der Waals surface area contributed by atoms with Crippen molar-refractivity contribution in [1.82, 2.24) is 15.2 Å². The Hall–Kier alpha value is -2.13. The maximum absolute atomic E-state index is 12.6. The topological polar surface area (TPSA) is 176 Å². The maximum atomic E-state index is 12.6. The van der Waals surface area contributed by atoms with Crippen LogP contribution in [0.5, 0.6) is 0 Å². The number of nitrogens with zero attached hydrogens (tertiary/aromatic N) is 3. The number of fused-ring (bicyclic) bond motifs is 1. The molecule has 3 heterocycles. The van der Waals surface area contributed by atoms with Gasteiger partial charge in [-0.15, -0.1) is 23.1 Å². The maximum Gasteiger partial charge on any atom is 1.00 e. The average molecular weight is 477 g/mol. The van der Waals surface area contributed by atoms with Crippen molar-refractivity contribution < 1.29 is 63.4 Å². The number of esters is 1. The van der Waals surface area contributed by atoms with Gasteiger partial charge in [0.25, 0.3) is 11.8 Å². The Labute approximate surface area is 206 Å². The Morgan fingerprint density at radius 1 is 1.45 bits per heavy atom. The molecule has 0 bridgehead atoms. The summed E-state index contributed by atoms with van der Waals surface area (Å²) in [5, 5.41) is 18.8. The smallest absolute Gasteiger partial charge is 0.543 e. The summed E-state index contributed by atoms with van der Waals surface area (Å²) in [6, 6.07) is -0.995. The molecule has 2 atom stereocenters. The first kappa shape index (κ1) is 25.1. The number of nitrogen functional groups attached to an aromatic ring is 1. The molecule has 0 radical (unpaired) electrons. The second-order valence-corrected chi connectivity index (χ2v) is 8.07. The number of carboxylic acid groups (broad SMARTS) is 1. The van der Waals surface area contributed by atoms with E-state index in [1.165, 1.54) is 31.2 Å². The largest absolute Gasteiger partial charge is 1.00 e. The number of β-lactam (4-membered cyclic amide) rings is 1. The molecule has 160 valence electrons. The number of carbonyl (C=O) groups excluding carboxylic acids is 4. The van der Waals surface area contributed by atoms with Gasteiger partial charge in [0.2, 0.25) is 0 Å². The Bertz CT molecular complexity index is 979. The number of thioether (sulfide) groups is 1. The van der Waals surface area contributed by atoms with E-state index in [-0.39, 0.29) is 69.7 Å². The SMILES string of the molecule is CO/N=C(\C(=O)NC1C(=O)N2C(C(=O)[O-])=C(COC(C)=O)CSC12)c1csc(N)n1.[Na+]. The Kier molecular flexibility index (Phi) is 8.48. The fourth-order valence-electron chi connectivity index (χ4n) is 2.87. The molecule has 12 nitrogen and oxygen atoms in total. The number of nitrogens with two attached hydrogens (primary N) is 1. The predicted molar refractivity (Wildman–Crippen MR) is 104 cm³/mol. The van der Waals surface area contributed by atoms with Crippen LogP contribution in [-0.2, 0) is 28.8 Å². The summed E-state index contributed by atoms with van der Waals surface area (Å²) in [4.78, 5) is 57.5. The summed E-state index contributed by atoms with van der Waals surface area (Å²) in [5.41, 5.74) is 5.46. The number of anilines is 1. The number of oxime groups is 1. The van der Waals surface area contributed by atoms with Gasteiger partial charge in [0, 0.05) is 23.6 Å². The van der Waals surface area contributed by atoms with Gasteiger partial charge < -0.3 is 30.5 Å². The van der Waals surface area contributed by atoms with Crippen LogP contribution in [-0.4, -0.2) is 70.2 Å². The van der Waals surface area contributed by atoms with Crippen molar-refractivity contribution in [1.29, 1.82) is 0 Å². The number of ether oxygens (including phenoxy) is 1. The van der Waals surface area contributed by atoms with E-state index in [1.54, 1.807) is 0 Å². The van der Waals surface area contributed by atoms with Crippen LogP contribution in [0.1, 0.15) is 12.6 Å². The van der Waals surface area contributed by atoms with Crippen molar-refractivity contribution in [3.63, 3.8) is 0 Å². The number of amides is 2. The minimum Gasteiger partial charge on any atom is -0.543 e. The Morgan fingerprint density at radius 3 is 2.71 bits per heavy atom. The molecule has 1 aromatic rings. The molecule has 0 aliphatic carbocycles. The van der Waals surface area contributed by atoms with Crippen LogP contribution in [0, 0.1) is 0 Å². The van der Waals surface area contributed by atoms with Gasteiger partial charge in [-0.2, -0.15) is 0 Å². The zero-order valence-electron chi connectivity index (χ0n) is 16.7. The zero-order valence-corrected chi connectivity index (χ0v) is 20.4. The third kappa shape index (κ3) is 5.20. The third-order valence-electron chi connectivity index (χ3n) is 4.14. The van der Waals surface area contributed by atoms with E-state index in [2.05, 4.69) is 20.3 Å². The molecule has 1 aromatic heterocycles. The van der Waals surface area contributed by atoms with Crippen molar-refractivity contribution in [2.75, 3.05) is 25.2 Å². The van der Waals surface area contributed by atoms with Gasteiger partial charge in [0.05, 0.1) is 11.7 Å². The number of rotatable bonds is 7. The number of carboxylic acids is 1. The summed E-state index contributed by atoms with van der Waals surface area (Å²) < 4.78 is 4.85. The first-order chi connectivity index (χ1) is 14.2. The zero-order chi connectivity index (χ0) is 22.0. The van der Waals surface area contributed by atoms with Gasteiger partial charge in [-0.3, -0.25) is 19.3 Å². The van der Waals surface area contributed by atoms with Crippen LogP contribution in [0.2, 0.25) is 0 Å². The molecule has 2 amide bonds. The second-order valence-electron chi connectivity index (χ2n) is 6.07. The van der Waals surface area contributed by atoms with E-state index in [9.17, 15) is 24.3 Å². The molecule has 31 heavy (non-hydrogen) atoms. The Balaban J connectivity index is 0.00000341. The molecule has 3 rings (SSSR count). The minimum atomic E-state index is -1.57. The number of hydrogen-bond donors (Lipinski definition) is 2. The van der Waals surface area contributed by atoms with Crippen molar-refractivity contribution >= 4 is 57.7 Å². The quantitative estimate of drug-likeness (QED) is 0.127. The van der Waals surface area contributed by atoms with Gasteiger partial charge in [-0.05, 0) is 0 Å². The molecule has 0 spiro atoms. The van der Waals surface area contributed by atoms with Gasteiger partial charge in [-0.25, -0.2) is 4.98 Å². The van der Waals surface area contributed by atoms with E-state index in [4.69, 9.17) is 10.5 Å². The summed E-state index contributed by atoms with van der Waals surface area (Å²) in [7, 11) is 1.25. The van der Waals surface area contributed by atoms with Crippen LogP contribution >= 0.6 is 23.1 Å². The average Bonchev–Trinajstić information content (AvgIpc) is 3.13. The predicted octanol–water partition coefficient (Wildman–Crippen LogP) is -4.95. The van der Waals surface area contributed by atoms with E-state index < -0.39 is 35.2 Å². The summed E-state index contributed by atoms with van der Waals surface area (Å²) in [5.74, 6) is -3.35. The fourth-order valence-corrected chi connectivity index (χ4v) is 4.75.